The van der Waals surface area contributed by atoms with E-state index >= 15 is 0 Å². The lowest BCUT2D eigenvalue weighted by molar-refractivity contribution is -0.116. The van der Waals surface area contributed by atoms with Crippen molar-refractivity contribution < 1.29 is 14.3 Å². The second-order valence-electron chi connectivity index (χ2n) is 6.82. The minimum Gasteiger partial charge on any atom is -0.379 e. The van der Waals surface area contributed by atoms with E-state index in [0.717, 1.165) is 23.3 Å². The van der Waals surface area contributed by atoms with Gasteiger partial charge in [0.1, 0.15) is 5.69 Å². The Balaban J connectivity index is 1.49. The molecular formula is C20H25N5O4. The monoisotopic (exact) mass is 399 g/mol. The molecule has 9 nitrogen and oxygen atoms in total. The van der Waals surface area contributed by atoms with E-state index in [1.165, 1.54) is 19.2 Å². The third kappa shape index (κ3) is 6.23. The lowest BCUT2D eigenvalue weighted by Gasteiger charge is -2.26. The number of nitrogens with one attached hydrogen (secondary N) is 2. The molecule has 1 aliphatic rings. The third-order valence-electron chi connectivity index (χ3n) is 4.62. The quantitative estimate of drug-likeness (QED) is 0.697. The first-order valence-corrected chi connectivity index (χ1v) is 9.53. The first-order chi connectivity index (χ1) is 14.0. The topological polar surface area (TPSA) is 106 Å². The van der Waals surface area contributed by atoms with Gasteiger partial charge in [-0.1, -0.05) is 12.1 Å². The fraction of sp³-hybridized carbons (Fsp3) is 0.400. The summed E-state index contributed by atoms with van der Waals surface area (Å²) in [6, 6.07) is 10.0. The summed E-state index contributed by atoms with van der Waals surface area (Å²) in [4.78, 5) is 38.0. The maximum atomic E-state index is 12.2. The van der Waals surface area contributed by atoms with Gasteiger partial charge in [-0.3, -0.25) is 19.3 Å². The number of hydrogen-bond donors (Lipinski definition) is 2. The normalized spacial score (nSPS) is 14.4. The molecule has 9 heteroatoms. The number of carbonyl (C=O) groups is 2. The molecule has 0 atom stereocenters. The van der Waals surface area contributed by atoms with E-state index in [4.69, 9.17) is 4.74 Å². The van der Waals surface area contributed by atoms with Crippen molar-refractivity contribution in [3.63, 3.8) is 0 Å². The maximum absolute atomic E-state index is 12.2. The smallest absolute Gasteiger partial charge is 0.271 e. The van der Waals surface area contributed by atoms with Gasteiger partial charge in [0.25, 0.3) is 11.5 Å². The predicted molar refractivity (Wildman–Crippen MR) is 108 cm³/mol. The molecule has 1 aliphatic heterocycles. The fourth-order valence-corrected chi connectivity index (χ4v) is 2.96. The number of nitrogens with zero attached hydrogens (tertiary/aromatic N) is 3. The van der Waals surface area contributed by atoms with E-state index in [1.54, 1.807) is 0 Å². The van der Waals surface area contributed by atoms with Crippen LogP contribution in [0.1, 0.15) is 22.5 Å². The van der Waals surface area contributed by atoms with Crippen molar-refractivity contribution in [2.45, 2.75) is 13.0 Å². The van der Waals surface area contributed by atoms with Crippen LogP contribution in [-0.2, 0) is 23.1 Å². The number of hydrogen-bond acceptors (Lipinski definition) is 6. The van der Waals surface area contributed by atoms with E-state index in [0.29, 0.717) is 31.9 Å². The zero-order valence-corrected chi connectivity index (χ0v) is 16.4. The zero-order valence-electron chi connectivity index (χ0n) is 16.4. The van der Waals surface area contributed by atoms with Crippen molar-refractivity contribution in [3.8, 4) is 0 Å². The summed E-state index contributed by atoms with van der Waals surface area (Å²) in [6.45, 7) is 4.12. The van der Waals surface area contributed by atoms with Gasteiger partial charge in [0.15, 0.2) is 0 Å². The molecule has 2 aromatic rings. The number of morpholine rings is 1. The Kier molecular flexibility index (Phi) is 7.09. The highest BCUT2D eigenvalue weighted by molar-refractivity contribution is 5.92. The van der Waals surface area contributed by atoms with Crippen LogP contribution in [0, 0.1) is 0 Å². The molecule has 0 saturated carbocycles. The molecule has 2 amide bonds. The number of amides is 2. The van der Waals surface area contributed by atoms with E-state index in [1.807, 2.05) is 24.3 Å². The molecular weight excluding hydrogens is 374 g/mol. The molecule has 29 heavy (non-hydrogen) atoms. The predicted octanol–water partition coefficient (Wildman–Crippen LogP) is 0.371. The van der Waals surface area contributed by atoms with Crippen molar-refractivity contribution in [1.29, 1.82) is 0 Å². The van der Waals surface area contributed by atoms with Gasteiger partial charge in [0.2, 0.25) is 5.91 Å². The lowest BCUT2D eigenvalue weighted by Crippen LogP contribution is -2.38. The first kappa shape index (κ1) is 20.7. The van der Waals surface area contributed by atoms with Crippen LogP contribution in [0.15, 0.2) is 41.2 Å². The maximum Gasteiger partial charge on any atom is 0.271 e. The van der Waals surface area contributed by atoms with Gasteiger partial charge in [-0.2, -0.15) is 5.10 Å². The molecule has 0 spiro atoms. The van der Waals surface area contributed by atoms with Crippen molar-refractivity contribution >= 4 is 17.5 Å². The van der Waals surface area contributed by atoms with Crippen molar-refractivity contribution in [3.05, 3.63) is 58.0 Å². The number of ether oxygens (including phenoxy) is 1. The Labute approximate surface area is 168 Å². The summed E-state index contributed by atoms with van der Waals surface area (Å²) in [5.74, 6) is -0.423. The Bertz CT molecular complexity index is 921. The summed E-state index contributed by atoms with van der Waals surface area (Å²) in [7, 11) is 1.49. The first-order valence-electron chi connectivity index (χ1n) is 9.53. The van der Waals surface area contributed by atoms with Crippen molar-refractivity contribution in [2.24, 2.45) is 7.05 Å². The van der Waals surface area contributed by atoms with E-state index < -0.39 is 0 Å². The number of anilines is 1. The number of carbonyl (C=O) groups excluding carboxylic acids is 2. The molecule has 0 unspecified atom stereocenters. The van der Waals surface area contributed by atoms with Crippen LogP contribution < -0.4 is 16.2 Å². The van der Waals surface area contributed by atoms with Crippen LogP contribution in [0.4, 0.5) is 5.69 Å². The second kappa shape index (κ2) is 9.94. The van der Waals surface area contributed by atoms with Gasteiger partial charge in [0.05, 0.1) is 13.2 Å². The van der Waals surface area contributed by atoms with Crippen LogP contribution in [0.3, 0.4) is 0 Å². The highest BCUT2D eigenvalue weighted by Gasteiger charge is 2.12. The molecule has 1 fully saturated rings. The van der Waals surface area contributed by atoms with E-state index in [9.17, 15) is 14.4 Å². The molecule has 1 saturated heterocycles. The van der Waals surface area contributed by atoms with Gasteiger partial charge >= 0.3 is 0 Å². The van der Waals surface area contributed by atoms with Gasteiger partial charge in [-0.25, -0.2) is 4.68 Å². The van der Waals surface area contributed by atoms with Crippen LogP contribution in [-0.4, -0.2) is 59.3 Å². The standard InChI is InChI=1S/C20H25N5O4/c1-24-19(27)6-5-17(23-24)20(28)21-14-15-3-2-4-16(13-15)22-18(26)7-8-25-9-11-29-12-10-25/h2-6,13H,7-12,14H2,1H3,(H,21,28)(H,22,26). The number of aryl methyl sites for hydroxylation is 1. The Morgan fingerprint density at radius 1 is 1.17 bits per heavy atom. The minimum atomic E-state index is -0.374. The molecule has 0 aliphatic carbocycles. The molecule has 0 bridgehead atoms. The van der Waals surface area contributed by atoms with Gasteiger partial charge in [0, 0.05) is 51.4 Å². The van der Waals surface area contributed by atoms with Crippen LogP contribution in [0.2, 0.25) is 0 Å². The highest BCUT2D eigenvalue weighted by atomic mass is 16.5. The van der Waals surface area contributed by atoms with Gasteiger partial charge in [-0.15, -0.1) is 0 Å². The summed E-state index contributed by atoms with van der Waals surface area (Å²) < 4.78 is 6.42. The lowest BCUT2D eigenvalue weighted by atomic mass is 10.2. The highest BCUT2D eigenvalue weighted by Crippen LogP contribution is 2.11. The Morgan fingerprint density at radius 2 is 1.97 bits per heavy atom. The molecule has 1 aromatic heterocycles. The molecule has 2 N–H and O–H groups in total. The fourth-order valence-electron chi connectivity index (χ4n) is 2.96. The molecule has 0 radical (unpaired) electrons. The molecule has 3 rings (SSSR count). The van der Waals surface area contributed by atoms with Crippen LogP contribution >= 0.6 is 0 Å². The molecule has 154 valence electrons. The van der Waals surface area contributed by atoms with Crippen molar-refractivity contribution in [1.82, 2.24) is 20.0 Å². The summed E-state index contributed by atoms with van der Waals surface area (Å²) >= 11 is 0. The average molecular weight is 399 g/mol. The Hall–Kier alpha value is -3.04. The number of aromatic nitrogens is 2. The summed E-state index contributed by atoms with van der Waals surface area (Å²) in [5.41, 5.74) is 1.41. The largest absolute Gasteiger partial charge is 0.379 e. The minimum absolute atomic E-state index is 0.0490. The molecule has 2 heterocycles. The van der Waals surface area contributed by atoms with Crippen molar-refractivity contribution in [2.75, 3.05) is 38.2 Å². The second-order valence-corrected chi connectivity index (χ2v) is 6.82. The van der Waals surface area contributed by atoms with E-state index in [2.05, 4.69) is 20.6 Å². The van der Waals surface area contributed by atoms with Crippen LogP contribution in [0.5, 0.6) is 0 Å². The average Bonchev–Trinajstić information content (AvgIpc) is 2.73. The number of benzene rings is 1. The Morgan fingerprint density at radius 3 is 2.72 bits per heavy atom. The third-order valence-corrected chi connectivity index (χ3v) is 4.62. The van der Waals surface area contributed by atoms with Crippen LogP contribution in [0.25, 0.3) is 0 Å². The summed E-state index contributed by atoms with van der Waals surface area (Å²) in [5, 5.41) is 9.58. The summed E-state index contributed by atoms with van der Waals surface area (Å²) in [6.07, 6.45) is 0.416. The number of rotatable bonds is 7. The van der Waals surface area contributed by atoms with Gasteiger partial charge < -0.3 is 15.4 Å². The van der Waals surface area contributed by atoms with E-state index in [-0.39, 0.29) is 29.6 Å². The zero-order chi connectivity index (χ0) is 20.6. The van der Waals surface area contributed by atoms with Gasteiger partial charge in [-0.05, 0) is 23.8 Å². The SMILES string of the molecule is Cn1nc(C(=O)NCc2cccc(NC(=O)CCN3CCOCC3)c2)ccc1=O. The molecule has 1 aromatic carbocycles.